The number of nitrogens with one attached hydrogen (secondary N) is 1. The first kappa shape index (κ1) is 15.0. The Bertz CT molecular complexity index is 666. The zero-order valence-electron chi connectivity index (χ0n) is 11.2. The first-order chi connectivity index (χ1) is 10.0. The van der Waals surface area contributed by atoms with Crippen molar-refractivity contribution in [3.05, 3.63) is 16.4 Å². The van der Waals surface area contributed by atoms with Crippen LogP contribution >= 0.6 is 11.3 Å². The second-order valence-electron chi connectivity index (χ2n) is 3.95. The van der Waals surface area contributed by atoms with Crippen LogP contribution in [0.1, 0.15) is 21.2 Å². The molecule has 2 heterocycles. The fourth-order valence-electron chi connectivity index (χ4n) is 1.55. The van der Waals surface area contributed by atoms with Gasteiger partial charge in [0.15, 0.2) is 5.69 Å². The summed E-state index contributed by atoms with van der Waals surface area (Å²) in [6.45, 7) is 1.55. The Hall–Kier alpha value is -2.40. The smallest absolute Gasteiger partial charge is 0.358 e. The molecule has 0 unspecified atom stereocenters. The number of anilines is 1. The van der Waals surface area contributed by atoms with Crippen LogP contribution in [0.5, 0.6) is 0 Å². The normalized spacial score (nSPS) is 10.6. The number of aromatic carboxylic acids is 1. The van der Waals surface area contributed by atoms with E-state index in [1.165, 1.54) is 23.1 Å². The van der Waals surface area contributed by atoms with E-state index < -0.39 is 11.9 Å². The molecule has 0 aromatic carbocycles. The van der Waals surface area contributed by atoms with E-state index in [2.05, 4.69) is 25.8 Å². The maximum absolute atomic E-state index is 11.9. The maximum Gasteiger partial charge on any atom is 0.358 e. The fraction of sp³-hybridized carbons (Fsp3) is 0.400. The Morgan fingerprint density at radius 3 is 2.71 bits per heavy atom. The number of carbonyl (C=O) groups is 2. The molecule has 112 valence electrons. The zero-order valence-corrected chi connectivity index (χ0v) is 12.0. The van der Waals surface area contributed by atoms with Crippen molar-refractivity contribution in [2.45, 2.75) is 20.1 Å². The van der Waals surface area contributed by atoms with Gasteiger partial charge >= 0.3 is 5.97 Å². The van der Waals surface area contributed by atoms with Gasteiger partial charge in [-0.3, -0.25) is 10.1 Å². The number of hydrogen-bond donors (Lipinski definition) is 2. The van der Waals surface area contributed by atoms with Gasteiger partial charge in [0.05, 0.1) is 12.3 Å². The van der Waals surface area contributed by atoms with Crippen molar-refractivity contribution in [1.82, 2.24) is 25.2 Å². The quantitative estimate of drug-likeness (QED) is 0.757. The van der Waals surface area contributed by atoms with E-state index in [-0.39, 0.29) is 24.5 Å². The second-order valence-corrected chi connectivity index (χ2v) is 5.14. The van der Waals surface area contributed by atoms with E-state index in [4.69, 9.17) is 9.84 Å². The molecule has 0 radical (unpaired) electrons. The summed E-state index contributed by atoms with van der Waals surface area (Å²) in [4.78, 5) is 22.9. The van der Waals surface area contributed by atoms with Crippen LogP contribution in [-0.4, -0.2) is 49.3 Å². The highest BCUT2D eigenvalue weighted by atomic mass is 32.1. The van der Waals surface area contributed by atoms with Crippen LogP contribution in [0.15, 0.2) is 0 Å². The number of carboxylic acids is 1. The Morgan fingerprint density at radius 2 is 2.14 bits per heavy atom. The highest BCUT2D eigenvalue weighted by Gasteiger charge is 2.20. The fourth-order valence-corrected chi connectivity index (χ4v) is 2.16. The summed E-state index contributed by atoms with van der Waals surface area (Å²) < 4.78 is 6.08. The minimum atomic E-state index is -1.23. The molecule has 10 nitrogen and oxygen atoms in total. The third-order valence-corrected chi connectivity index (χ3v) is 3.14. The Balaban J connectivity index is 2.11. The number of aryl methyl sites for hydroxylation is 1. The summed E-state index contributed by atoms with van der Waals surface area (Å²) >= 11 is 1.23. The first-order valence-electron chi connectivity index (χ1n) is 5.75. The predicted molar refractivity (Wildman–Crippen MR) is 71.0 cm³/mol. The van der Waals surface area contributed by atoms with Crippen LogP contribution in [-0.2, 0) is 22.7 Å². The number of rotatable bonds is 6. The topological polar surface area (TPSA) is 132 Å². The number of carbonyl (C=O) groups excluding carboxylic acids is 1. The lowest BCUT2D eigenvalue weighted by Gasteiger charge is -2.05. The third kappa shape index (κ3) is 3.58. The molecule has 0 saturated heterocycles. The van der Waals surface area contributed by atoms with Gasteiger partial charge in [-0.05, 0) is 6.92 Å². The molecule has 0 saturated carbocycles. The molecule has 2 aromatic rings. The van der Waals surface area contributed by atoms with E-state index in [1.807, 2.05) is 0 Å². The van der Waals surface area contributed by atoms with Crippen molar-refractivity contribution >= 4 is 28.3 Å². The van der Waals surface area contributed by atoms with Gasteiger partial charge in [-0.1, -0.05) is 16.6 Å². The van der Waals surface area contributed by atoms with E-state index in [0.717, 1.165) is 5.01 Å². The number of ether oxygens (including phenoxy) is 1. The Kier molecular flexibility index (Phi) is 4.55. The molecule has 0 bridgehead atoms. The number of amides is 1. The first-order valence-corrected chi connectivity index (χ1v) is 6.57. The summed E-state index contributed by atoms with van der Waals surface area (Å²) in [5.74, 6) is -1.64. The Labute approximate surface area is 122 Å². The van der Waals surface area contributed by atoms with Crippen molar-refractivity contribution in [3.8, 4) is 0 Å². The molecule has 1 amide bonds. The van der Waals surface area contributed by atoms with Crippen LogP contribution in [0.3, 0.4) is 0 Å². The molecule has 2 rings (SSSR count). The van der Waals surface area contributed by atoms with Gasteiger partial charge in [0.25, 0.3) is 0 Å². The van der Waals surface area contributed by atoms with E-state index in [0.29, 0.717) is 5.13 Å². The van der Waals surface area contributed by atoms with Crippen LogP contribution in [0, 0.1) is 6.92 Å². The highest BCUT2D eigenvalue weighted by molar-refractivity contribution is 7.15. The van der Waals surface area contributed by atoms with Crippen molar-refractivity contribution < 1.29 is 19.4 Å². The molecule has 11 heteroatoms. The molecule has 2 N–H and O–H groups in total. The van der Waals surface area contributed by atoms with Gasteiger partial charge in [-0.15, -0.1) is 15.3 Å². The summed E-state index contributed by atoms with van der Waals surface area (Å²) in [5.41, 5.74) is -0.0231. The Morgan fingerprint density at radius 1 is 1.38 bits per heavy atom. The zero-order chi connectivity index (χ0) is 15.4. The van der Waals surface area contributed by atoms with Gasteiger partial charge in [-0.2, -0.15) is 0 Å². The monoisotopic (exact) mass is 312 g/mol. The number of carboxylic acid groups (broad SMARTS) is 1. The van der Waals surface area contributed by atoms with Crippen molar-refractivity contribution in [1.29, 1.82) is 0 Å². The van der Waals surface area contributed by atoms with Gasteiger partial charge in [0.2, 0.25) is 11.0 Å². The molecule has 2 aromatic heterocycles. The summed E-state index contributed by atoms with van der Waals surface area (Å²) in [6, 6.07) is 0. The number of hydrogen-bond acceptors (Lipinski definition) is 8. The van der Waals surface area contributed by atoms with Gasteiger partial charge < -0.3 is 9.84 Å². The van der Waals surface area contributed by atoms with E-state index in [9.17, 15) is 9.59 Å². The average molecular weight is 312 g/mol. The van der Waals surface area contributed by atoms with Crippen molar-refractivity contribution in [2.24, 2.45) is 0 Å². The number of aromatic nitrogens is 5. The van der Waals surface area contributed by atoms with Gasteiger partial charge in [-0.25, -0.2) is 9.48 Å². The van der Waals surface area contributed by atoms with Crippen molar-refractivity contribution in [2.75, 3.05) is 12.4 Å². The largest absolute Gasteiger partial charge is 0.476 e. The SMILES string of the molecule is COCc1c(C(=O)O)nnn1CC(=O)Nc1nnc(C)s1. The standard InChI is InChI=1S/C10H12N6O4S/c1-5-12-14-10(21-5)11-7(17)3-16-6(4-20-2)8(9(18)19)13-15-16/h3-4H2,1-2H3,(H,18,19)(H,11,14,17). The molecule has 0 atom stereocenters. The molecule has 21 heavy (non-hydrogen) atoms. The molecular formula is C10H12N6O4S. The second kappa shape index (κ2) is 6.37. The summed E-state index contributed by atoms with van der Waals surface area (Å²) in [6.07, 6.45) is 0. The average Bonchev–Trinajstić information content (AvgIpc) is 2.97. The lowest BCUT2D eigenvalue weighted by Crippen LogP contribution is -2.21. The third-order valence-electron chi connectivity index (χ3n) is 2.39. The molecule has 0 aliphatic carbocycles. The van der Waals surface area contributed by atoms with E-state index >= 15 is 0 Å². The molecule has 0 aliphatic heterocycles. The van der Waals surface area contributed by atoms with Crippen LogP contribution in [0.2, 0.25) is 0 Å². The lowest BCUT2D eigenvalue weighted by atomic mass is 10.3. The maximum atomic E-state index is 11.9. The molecule has 0 aliphatic rings. The number of nitrogens with zero attached hydrogens (tertiary/aromatic N) is 5. The van der Waals surface area contributed by atoms with Crippen molar-refractivity contribution in [3.63, 3.8) is 0 Å². The van der Waals surface area contributed by atoms with Gasteiger partial charge in [0, 0.05) is 7.11 Å². The number of methoxy groups -OCH3 is 1. The highest BCUT2D eigenvalue weighted by Crippen LogP contribution is 2.14. The van der Waals surface area contributed by atoms with Crippen LogP contribution in [0.4, 0.5) is 5.13 Å². The lowest BCUT2D eigenvalue weighted by molar-refractivity contribution is -0.117. The molecule has 0 fully saturated rings. The van der Waals surface area contributed by atoms with E-state index in [1.54, 1.807) is 6.92 Å². The predicted octanol–water partition coefficient (Wildman–Crippen LogP) is -0.0787. The summed E-state index contributed by atoms with van der Waals surface area (Å²) in [5, 5.41) is 27.3. The van der Waals surface area contributed by atoms with Crippen LogP contribution in [0.25, 0.3) is 0 Å². The molecular weight excluding hydrogens is 300 g/mol. The van der Waals surface area contributed by atoms with Crippen LogP contribution < -0.4 is 5.32 Å². The minimum Gasteiger partial charge on any atom is -0.476 e. The van der Waals surface area contributed by atoms with Gasteiger partial charge in [0.1, 0.15) is 11.6 Å². The molecule has 0 spiro atoms. The summed E-state index contributed by atoms with van der Waals surface area (Å²) in [7, 11) is 1.41. The minimum absolute atomic E-state index is 0.0141.